The van der Waals surface area contributed by atoms with Crippen molar-refractivity contribution >= 4 is 0 Å². The third kappa shape index (κ3) is 3.38. The first-order valence-corrected chi connectivity index (χ1v) is 4.21. The van der Waals surface area contributed by atoms with Gasteiger partial charge < -0.3 is 0 Å². The Kier molecular flexibility index (Phi) is 2.21. The average Bonchev–Trinajstić information content (AvgIpc) is 2.18. The maximum Gasteiger partial charge on any atom is 0.0276 e. The number of rotatable bonds is 3. The van der Waals surface area contributed by atoms with E-state index in [1.165, 1.54) is 5.56 Å². The lowest BCUT2D eigenvalue weighted by Crippen LogP contribution is -1.81. The molecule has 0 saturated carbocycles. The molecular formula is C12H16. The second-order valence-corrected chi connectivity index (χ2v) is 2.91. The lowest BCUT2D eigenvalue weighted by atomic mass is 10.1. The summed E-state index contributed by atoms with van der Waals surface area (Å²) in [6, 6.07) is 10.1. The molecule has 0 bridgehead atoms. The van der Waals surface area contributed by atoms with Crippen molar-refractivity contribution < 1.29 is 4.11 Å². The van der Waals surface area contributed by atoms with Crippen LogP contribution in [0.15, 0.2) is 42.0 Å². The summed E-state index contributed by atoms with van der Waals surface area (Å²) in [6.45, 7) is -0.269. The van der Waals surface area contributed by atoms with E-state index in [0.29, 0.717) is 5.57 Å². The van der Waals surface area contributed by atoms with Crippen LogP contribution in [0.3, 0.4) is 0 Å². The van der Waals surface area contributed by atoms with Gasteiger partial charge in [-0.1, -0.05) is 42.0 Å². The molecule has 1 aromatic rings. The number of hydrogen-bond donors (Lipinski definition) is 0. The lowest BCUT2D eigenvalue weighted by molar-refractivity contribution is 0.989. The molecule has 0 fully saturated rings. The highest BCUT2D eigenvalue weighted by Gasteiger charge is 1.87. The molecule has 1 aromatic carbocycles. The highest BCUT2D eigenvalue weighted by Crippen LogP contribution is 2.04. The predicted molar refractivity (Wildman–Crippen MR) is 54.2 cm³/mol. The first-order chi connectivity index (χ1) is 7.00. The smallest absolute Gasteiger partial charge is 0.0276 e. The topological polar surface area (TPSA) is 0 Å². The Bertz CT molecular complexity index is 322. The minimum Gasteiger partial charge on any atom is -0.0856 e. The molecule has 64 valence electrons. The Labute approximate surface area is 79.1 Å². The summed E-state index contributed by atoms with van der Waals surface area (Å²) in [5, 5.41) is 0. The van der Waals surface area contributed by atoms with Gasteiger partial charge in [-0.3, -0.25) is 0 Å². The minimum absolute atomic E-state index is 0.485. The lowest BCUT2D eigenvalue weighted by Gasteiger charge is -1.96. The fourth-order valence-corrected chi connectivity index (χ4v) is 1.10. The maximum absolute atomic E-state index is 7.19. The summed E-state index contributed by atoms with van der Waals surface area (Å²) in [6.07, 6.45) is 3.49. The average molecular weight is 163 g/mol. The third-order valence-corrected chi connectivity index (χ3v) is 1.73. The molecule has 0 spiro atoms. The van der Waals surface area contributed by atoms with Crippen molar-refractivity contribution in [1.82, 2.24) is 0 Å². The zero-order valence-electron chi connectivity index (χ0n) is 10.4. The molecule has 0 radical (unpaired) electrons. The molecule has 1 rings (SSSR count). The number of benzene rings is 1. The zero-order chi connectivity index (χ0) is 11.3. The highest BCUT2D eigenvalue weighted by atomic mass is 13.9. The van der Waals surface area contributed by atoms with Gasteiger partial charge >= 0.3 is 0 Å². The van der Waals surface area contributed by atoms with Crippen molar-refractivity contribution in [3.05, 3.63) is 47.5 Å². The fraction of sp³-hybridized carbons (Fsp3) is 0.333. The molecule has 0 aliphatic carbocycles. The van der Waals surface area contributed by atoms with Crippen molar-refractivity contribution in [2.75, 3.05) is 0 Å². The van der Waals surface area contributed by atoms with E-state index in [0.717, 1.165) is 12.8 Å². The highest BCUT2D eigenvalue weighted by molar-refractivity contribution is 5.15. The van der Waals surface area contributed by atoms with E-state index in [4.69, 9.17) is 4.11 Å². The normalized spacial score (nSPS) is 16.4. The maximum atomic E-state index is 7.19. The van der Waals surface area contributed by atoms with Crippen LogP contribution >= 0.6 is 0 Å². The molecule has 0 N–H and O–H groups in total. The molecule has 0 aliphatic rings. The Morgan fingerprint density at radius 3 is 2.83 bits per heavy atom. The van der Waals surface area contributed by atoms with Gasteiger partial charge in [0.2, 0.25) is 0 Å². The molecule has 0 heterocycles. The first kappa shape index (κ1) is 5.58. The second-order valence-electron chi connectivity index (χ2n) is 2.91. The van der Waals surface area contributed by atoms with Crippen LogP contribution in [-0.4, -0.2) is 0 Å². The van der Waals surface area contributed by atoms with E-state index >= 15 is 0 Å². The van der Waals surface area contributed by atoms with Crippen LogP contribution in [-0.2, 0) is 6.42 Å². The quantitative estimate of drug-likeness (QED) is 0.597. The number of allylic oxidation sites excluding steroid dienone is 2. The van der Waals surface area contributed by atoms with Gasteiger partial charge in [-0.15, -0.1) is 0 Å². The van der Waals surface area contributed by atoms with Crippen LogP contribution in [0.4, 0.5) is 0 Å². The van der Waals surface area contributed by atoms with Gasteiger partial charge in [-0.2, -0.15) is 0 Å². The van der Waals surface area contributed by atoms with Crippen LogP contribution < -0.4 is 0 Å². The largest absolute Gasteiger partial charge is 0.0856 e. The fourth-order valence-electron chi connectivity index (χ4n) is 1.10. The van der Waals surface area contributed by atoms with Crippen LogP contribution in [0.1, 0.15) is 29.9 Å². The molecule has 0 aliphatic heterocycles. The van der Waals surface area contributed by atoms with Crippen LogP contribution in [0.2, 0.25) is 0 Å². The molecular weight excluding hydrogens is 144 g/mol. The van der Waals surface area contributed by atoms with E-state index in [-0.39, 0.29) is 0 Å². The van der Waals surface area contributed by atoms with E-state index in [1.807, 2.05) is 18.2 Å². The van der Waals surface area contributed by atoms with E-state index < -0.39 is 6.85 Å². The number of hydrogen-bond acceptors (Lipinski definition) is 0. The monoisotopic (exact) mass is 163 g/mol. The minimum atomic E-state index is -1.93. The molecule has 0 heteroatoms. The van der Waals surface area contributed by atoms with Crippen LogP contribution in [0, 0.1) is 0 Å². The summed E-state index contributed by atoms with van der Waals surface area (Å²) in [7, 11) is 0. The van der Waals surface area contributed by atoms with E-state index in [1.54, 1.807) is 13.0 Å². The predicted octanol–water partition coefficient (Wildman–Crippen LogP) is 3.59. The Balaban J connectivity index is 2.46. The van der Waals surface area contributed by atoms with Gasteiger partial charge in [0, 0.05) is 4.11 Å². The van der Waals surface area contributed by atoms with Gasteiger partial charge in [-0.25, -0.2) is 0 Å². The standard InChI is InChI=1S/C12H16/c1-11(2)7-6-10-12-8-4-3-5-9-12/h3-5,7-9H,6,10H2,1-2H3/i1D3/b11-7-. The Morgan fingerprint density at radius 1 is 1.42 bits per heavy atom. The van der Waals surface area contributed by atoms with Gasteiger partial charge in [0.05, 0.1) is 0 Å². The van der Waals surface area contributed by atoms with Crippen LogP contribution in [0.25, 0.3) is 0 Å². The van der Waals surface area contributed by atoms with E-state index in [9.17, 15) is 0 Å². The molecule has 12 heavy (non-hydrogen) atoms. The van der Waals surface area contributed by atoms with Gasteiger partial charge in [-0.05, 0) is 32.2 Å². The van der Waals surface area contributed by atoms with Crippen molar-refractivity contribution in [3.8, 4) is 0 Å². The van der Waals surface area contributed by atoms with Crippen molar-refractivity contribution in [1.29, 1.82) is 0 Å². The summed E-state index contributed by atoms with van der Waals surface area (Å²) >= 11 is 0. The van der Waals surface area contributed by atoms with Gasteiger partial charge in [0.25, 0.3) is 0 Å². The first-order valence-electron chi connectivity index (χ1n) is 5.71. The van der Waals surface area contributed by atoms with Crippen molar-refractivity contribution in [3.63, 3.8) is 0 Å². The second kappa shape index (κ2) is 4.76. The summed E-state index contributed by atoms with van der Waals surface area (Å²) in [5.74, 6) is 0. The summed E-state index contributed by atoms with van der Waals surface area (Å²) in [5.41, 5.74) is 1.73. The summed E-state index contributed by atoms with van der Waals surface area (Å²) < 4.78 is 21.6. The Morgan fingerprint density at radius 2 is 2.17 bits per heavy atom. The van der Waals surface area contributed by atoms with Crippen LogP contribution in [0.5, 0.6) is 0 Å². The number of aryl methyl sites for hydroxylation is 1. The van der Waals surface area contributed by atoms with E-state index in [2.05, 4.69) is 12.1 Å². The molecule has 0 saturated heterocycles. The molecule has 0 amide bonds. The van der Waals surface area contributed by atoms with Crippen molar-refractivity contribution in [2.45, 2.75) is 26.6 Å². The SMILES string of the molecule is [2H]C([2H])([2H])/C(C)=C/CCc1ccccc1. The third-order valence-electron chi connectivity index (χ3n) is 1.73. The zero-order valence-corrected chi connectivity index (χ0v) is 7.38. The molecule has 0 aromatic heterocycles. The van der Waals surface area contributed by atoms with Crippen molar-refractivity contribution in [2.24, 2.45) is 0 Å². The molecule has 0 nitrogen and oxygen atoms in total. The Hall–Kier alpha value is -1.04. The van der Waals surface area contributed by atoms with Gasteiger partial charge in [0.1, 0.15) is 0 Å². The van der Waals surface area contributed by atoms with Gasteiger partial charge in [0.15, 0.2) is 0 Å². The molecule has 0 unspecified atom stereocenters. The summed E-state index contributed by atoms with van der Waals surface area (Å²) in [4.78, 5) is 0. The molecule has 0 atom stereocenters.